The molecule has 1 fully saturated rings. The number of ether oxygens (including phenoxy) is 2. The lowest BCUT2D eigenvalue weighted by molar-refractivity contribution is 0.0600. The molecule has 0 saturated carbocycles. The molecule has 3 aromatic carbocycles. The maximum absolute atomic E-state index is 11.6. The summed E-state index contributed by atoms with van der Waals surface area (Å²) in [5.41, 5.74) is 7.35. The molecule has 0 radical (unpaired) electrons. The Morgan fingerprint density at radius 2 is 1.70 bits per heavy atom. The molecule has 1 aliphatic rings. The maximum Gasteiger partial charge on any atom is 0.337 e. The van der Waals surface area contributed by atoms with Crippen LogP contribution < -0.4 is 10.1 Å². The molecule has 220 valence electrons. The first-order valence-electron chi connectivity index (χ1n) is 14.4. The van der Waals surface area contributed by atoms with Gasteiger partial charge in [0.05, 0.1) is 24.3 Å². The highest BCUT2D eigenvalue weighted by molar-refractivity contribution is 5.89. The van der Waals surface area contributed by atoms with Crippen LogP contribution >= 0.6 is 0 Å². The second kappa shape index (κ2) is 14.2. The van der Waals surface area contributed by atoms with E-state index in [-0.39, 0.29) is 5.97 Å². The number of esters is 1. The maximum atomic E-state index is 11.6. The molecule has 5 rings (SSSR count). The highest BCUT2D eigenvalue weighted by Gasteiger charge is 2.14. The predicted molar refractivity (Wildman–Crippen MR) is 170 cm³/mol. The lowest BCUT2D eigenvalue weighted by Crippen LogP contribution is -2.30. The third kappa shape index (κ3) is 7.89. The summed E-state index contributed by atoms with van der Waals surface area (Å²) in [6, 6.07) is 22.6. The summed E-state index contributed by atoms with van der Waals surface area (Å²) in [6.07, 6.45) is 5.67. The highest BCUT2D eigenvalue weighted by atomic mass is 16.5. The molecule has 44 heavy (non-hydrogen) atoms. The second-order valence-electron chi connectivity index (χ2n) is 10.6. The molecule has 0 spiro atoms. The van der Waals surface area contributed by atoms with Gasteiger partial charge >= 0.3 is 5.97 Å². The Kier molecular flexibility index (Phi) is 9.66. The van der Waals surface area contributed by atoms with E-state index in [1.165, 1.54) is 18.2 Å². The van der Waals surface area contributed by atoms with E-state index in [1.54, 1.807) is 36.5 Å². The zero-order chi connectivity index (χ0) is 30.9. The first kappa shape index (κ1) is 30.0. The van der Waals surface area contributed by atoms with Crippen molar-refractivity contribution in [2.24, 2.45) is 0 Å². The average Bonchev–Trinajstić information content (AvgIpc) is 3.04. The number of aromatic nitrogens is 2. The summed E-state index contributed by atoms with van der Waals surface area (Å²) in [7, 11) is 1.39. The number of hydrogen-bond acceptors (Lipinski definition) is 8. The van der Waals surface area contributed by atoms with Crippen LogP contribution in [0.25, 0.3) is 0 Å². The number of benzene rings is 3. The summed E-state index contributed by atoms with van der Waals surface area (Å²) in [4.78, 5) is 22.8. The first-order chi connectivity index (χ1) is 21.4. The molecule has 0 atom stereocenters. The molecule has 0 aliphatic carbocycles. The van der Waals surface area contributed by atoms with Gasteiger partial charge in [0, 0.05) is 43.1 Å². The van der Waals surface area contributed by atoms with E-state index in [2.05, 4.69) is 44.2 Å². The molecule has 1 saturated heterocycles. The fourth-order valence-electron chi connectivity index (χ4n) is 4.99. The summed E-state index contributed by atoms with van der Waals surface area (Å²) >= 11 is 0. The van der Waals surface area contributed by atoms with E-state index in [4.69, 9.17) is 14.7 Å². The first-order valence-corrected chi connectivity index (χ1v) is 14.4. The van der Waals surface area contributed by atoms with Crippen LogP contribution in [-0.4, -0.2) is 41.0 Å². The van der Waals surface area contributed by atoms with Gasteiger partial charge in [-0.2, -0.15) is 10.2 Å². The Morgan fingerprint density at radius 3 is 2.36 bits per heavy atom. The predicted octanol–water partition coefficient (Wildman–Crippen LogP) is 6.86. The Morgan fingerprint density at radius 1 is 1.00 bits per heavy atom. The van der Waals surface area contributed by atoms with Gasteiger partial charge < -0.3 is 14.8 Å². The van der Waals surface area contributed by atoms with E-state index < -0.39 is 0 Å². The number of nitrogens with zero attached hydrogens (tertiary/aromatic N) is 4. The zero-order valence-corrected chi connectivity index (χ0v) is 25.1. The van der Waals surface area contributed by atoms with Gasteiger partial charge in [0.2, 0.25) is 11.8 Å². The van der Waals surface area contributed by atoms with Crippen LogP contribution in [0.5, 0.6) is 11.6 Å². The molecule has 8 heteroatoms. The van der Waals surface area contributed by atoms with Gasteiger partial charge in [-0.25, -0.2) is 9.78 Å². The van der Waals surface area contributed by atoms with E-state index in [9.17, 15) is 4.79 Å². The molecule has 2 heterocycles. The number of aryl methyl sites for hydroxylation is 2. The minimum Gasteiger partial charge on any atom is -0.465 e. The van der Waals surface area contributed by atoms with Crippen molar-refractivity contribution in [3.63, 3.8) is 0 Å². The van der Waals surface area contributed by atoms with Crippen molar-refractivity contribution < 1.29 is 14.3 Å². The Hall–Kier alpha value is -5.44. The molecular weight excluding hydrogens is 550 g/mol. The monoisotopic (exact) mass is 583 g/mol. The lowest BCUT2D eigenvalue weighted by Gasteiger charge is -2.28. The normalized spacial score (nSPS) is 12.8. The third-order valence-corrected chi connectivity index (χ3v) is 7.34. The van der Waals surface area contributed by atoms with Crippen molar-refractivity contribution >= 4 is 17.6 Å². The molecule has 1 N–H and O–H groups in total. The van der Waals surface area contributed by atoms with Crippen LogP contribution in [0.1, 0.15) is 51.0 Å². The number of anilines is 2. The van der Waals surface area contributed by atoms with E-state index in [0.717, 1.165) is 60.6 Å². The molecule has 8 nitrogen and oxygen atoms in total. The van der Waals surface area contributed by atoms with Gasteiger partial charge in [0.15, 0.2) is 0 Å². The Labute approximate surface area is 258 Å². The minimum absolute atomic E-state index is 0.313. The van der Waals surface area contributed by atoms with Crippen molar-refractivity contribution in [1.82, 2.24) is 14.9 Å². The molecule has 0 amide bonds. The van der Waals surface area contributed by atoms with Crippen LogP contribution in [0.4, 0.5) is 11.6 Å². The average molecular weight is 584 g/mol. The number of allylic oxidation sites excluding steroid dienone is 1. The standard InChI is InChI=1S/C36H33N5O3/c1-25-21-30(6-4-5-27-16-19-41(20-17-27)24-29-7-11-31(12-8-29)35(42)43-3)22-26(2)34(25)44-33-15-18-38-36(40-33)39-32-13-9-28(23-37)10-14-32/h5,7-15,18,21-22H,16-17,19-20,24H2,1-3H3,(H,38,39,40). The summed E-state index contributed by atoms with van der Waals surface area (Å²) in [5, 5.41) is 12.1. The van der Waals surface area contributed by atoms with Crippen LogP contribution in [0.15, 0.2) is 84.6 Å². The van der Waals surface area contributed by atoms with Gasteiger partial charge in [0.25, 0.3) is 0 Å². The van der Waals surface area contributed by atoms with Crippen LogP contribution in [0.2, 0.25) is 0 Å². The molecular formula is C36H33N5O3. The minimum atomic E-state index is -0.313. The summed E-state index contributed by atoms with van der Waals surface area (Å²) in [5.74, 6) is 7.80. The van der Waals surface area contributed by atoms with Gasteiger partial charge in [-0.1, -0.05) is 29.5 Å². The molecule has 1 aliphatic heterocycles. The van der Waals surface area contributed by atoms with Crippen molar-refractivity contribution in [3.05, 3.63) is 118 Å². The largest absolute Gasteiger partial charge is 0.465 e. The summed E-state index contributed by atoms with van der Waals surface area (Å²) in [6.45, 7) is 6.81. The summed E-state index contributed by atoms with van der Waals surface area (Å²) < 4.78 is 10.9. The van der Waals surface area contributed by atoms with Gasteiger partial charge in [-0.05, 0) is 98.0 Å². The van der Waals surface area contributed by atoms with Crippen LogP contribution in [-0.2, 0) is 11.3 Å². The van der Waals surface area contributed by atoms with Crippen LogP contribution in [0.3, 0.4) is 0 Å². The Balaban J connectivity index is 1.16. The fourth-order valence-corrected chi connectivity index (χ4v) is 4.99. The number of hydrogen-bond donors (Lipinski definition) is 1. The number of carbonyl (C=O) groups is 1. The van der Waals surface area contributed by atoms with Crippen molar-refractivity contribution in [2.75, 3.05) is 25.5 Å². The molecule has 1 aromatic heterocycles. The SMILES string of the molecule is COC(=O)c1ccc(CN2CCC(=CC#Cc3cc(C)c(Oc4ccnc(Nc5ccc(C#N)cc5)n4)c(C)c3)CC2)cc1. The van der Waals surface area contributed by atoms with Crippen molar-refractivity contribution in [3.8, 4) is 29.5 Å². The highest BCUT2D eigenvalue weighted by Crippen LogP contribution is 2.29. The van der Waals surface area contributed by atoms with Gasteiger partial charge in [-0.15, -0.1) is 0 Å². The molecule has 4 aromatic rings. The Bertz CT molecular complexity index is 1740. The number of rotatable bonds is 7. The lowest BCUT2D eigenvalue weighted by atomic mass is 10.0. The third-order valence-electron chi connectivity index (χ3n) is 7.34. The van der Waals surface area contributed by atoms with E-state index in [1.807, 2.05) is 50.2 Å². The number of methoxy groups -OCH3 is 1. The van der Waals surface area contributed by atoms with Crippen molar-refractivity contribution in [1.29, 1.82) is 5.26 Å². The van der Waals surface area contributed by atoms with Gasteiger partial charge in [0.1, 0.15) is 5.75 Å². The number of piperidine rings is 1. The zero-order valence-electron chi connectivity index (χ0n) is 25.1. The van der Waals surface area contributed by atoms with Crippen molar-refractivity contribution in [2.45, 2.75) is 33.2 Å². The van der Waals surface area contributed by atoms with Gasteiger partial charge in [-0.3, -0.25) is 4.90 Å². The number of likely N-dealkylation sites (tertiary alicyclic amines) is 1. The quantitative estimate of drug-likeness (QED) is 0.186. The number of nitriles is 1. The fraction of sp³-hybridized carbons (Fsp3) is 0.222. The number of nitrogens with one attached hydrogen (secondary N) is 1. The molecule has 0 unspecified atom stereocenters. The van der Waals surface area contributed by atoms with E-state index in [0.29, 0.717) is 23.0 Å². The topological polar surface area (TPSA) is 100 Å². The van der Waals surface area contributed by atoms with E-state index >= 15 is 0 Å². The smallest absolute Gasteiger partial charge is 0.337 e. The molecule has 0 bridgehead atoms. The van der Waals surface area contributed by atoms with Crippen LogP contribution in [0, 0.1) is 37.0 Å². The number of carbonyl (C=O) groups excluding carboxylic acids is 1. The second-order valence-corrected chi connectivity index (χ2v) is 10.6.